The fraction of sp³-hybridized carbons (Fsp3) is 0.267. The molecule has 6 heteroatoms. The van der Waals surface area contributed by atoms with Crippen LogP contribution >= 0.6 is 11.8 Å². The zero-order chi connectivity index (χ0) is 14.9. The van der Waals surface area contributed by atoms with E-state index in [0.29, 0.717) is 12.2 Å². The zero-order valence-corrected chi connectivity index (χ0v) is 12.3. The van der Waals surface area contributed by atoms with Crippen LogP contribution in [0.15, 0.2) is 47.1 Å². The molecule has 1 aromatic heterocycles. The van der Waals surface area contributed by atoms with E-state index in [4.69, 9.17) is 4.42 Å². The summed E-state index contributed by atoms with van der Waals surface area (Å²) in [5.41, 5.74) is 0.570. The predicted molar refractivity (Wildman–Crippen MR) is 82.9 cm³/mol. The number of hydrogen-bond donors (Lipinski definition) is 2. The van der Waals surface area contributed by atoms with Gasteiger partial charge < -0.3 is 15.1 Å². The summed E-state index contributed by atoms with van der Waals surface area (Å²) in [5.74, 6) is 2.42. The fourth-order valence-electron chi connectivity index (χ4n) is 1.65. The van der Waals surface area contributed by atoms with Crippen molar-refractivity contribution in [2.24, 2.45) is 0 Å². The Morgan fingerprint density at radius 3 is 2.76 bits per heavy atom. The SMILES string of the molecule is O=C(NCCCSCc1ccco1)Nc1ccc(F)cc1. The third kappa shape index (κ3) is 5.91. The molecule has 2 amide bonds. The van der Waals surface area contributed by atoms with Crippen LogP contribution in [0, 0.1) is 5.82 Å². The Hall–Kier alpha value is -1.95. The number of nitrogens with one attached hydrogen (secondary N) is 2. The molecule has 0 fully saturated rings. The Kier molecular flexibility index (Phi) is 6.15. The molecule has 1 heterocycles. The maximum Gasteiger partial charge on any atom is 0.319 e. The third-order valence-corrected chi connectivity index (χ3v) is 3.74. The first kappa shape index (κ1) is 15.4. The number of anilines is 1. The lowest BCUT2D eigenvalue weighted by molar-refractivity contribution is 0.252. The zero-order valence-electron chi connectivity index (χ0n) is 11.5. The molecule has 0 spiro atoms. The van der Waals surface area contributed by atoms with Crippen molar-refractivity contribution in [3.8, 4) is 0 Å². The average Bonchev–Trinajstić information content (AvgIpc) is 2.98. The molecule has 0 aliphatic rings. The summed E-state index contributed by atoms with van der Waals surface area (Å²) in [5, 5.41) is 5.40. The van der Waals surface area contributed by atoms with Gasteiger partial charge in [0.1, 0.15) is 11.6 Å². The van der Waals surface area contributed by atoms with Crippen LogP contribution in [0.3, 0.4) is 0 Å². The molecule has 2 aromatic rings. The van der Waals surface area contributed by atoms with Gasteiger partial charge in [0.2, 0.25) is 0 Å². The first-order valence-corrected chi connectivity index (χ1v) is 7.80. The van der Waals surface area contributed by atoms with E-state index in [-0.39, 0.29) is 11.8 Å². The van der Waals surface area contributed by atoms with E-state index in [1.807, 2.05) is 12.1 Å². The summed E-state index contributed by atoms with van der Waals surface area (Å²) in [7, 11) is 0. The van der Waals surface area contributed by atoms with Crippen LogP contribution in [-0.4, -0.2) is 18.3 Å². The second-order valence-electron chi connectivity index (χ2n) is 4.37. The monoisotopic (exact) mass is 308 g/mol. The van der Waals surface area contributed by atoms with Gasteiger partial charge in [0.05, 0.1) is 12.0 Å². The molecular formula is C15H17FN2O2S. The van der Waals surface area contributed by atoms with Gasteiger partial charge in [-0.2, -0.15) is 11.8 Å². The Labute approximate surface area is 127 Å². The first-order valence-electron chi connectivity index (χ1n) is 6.64. The van der Waals surface area contributed by atoms with Crippen molar-refractivity contribution in [2.45, 2.75) is 12.2 Å². The number of carbonyl (C=O) groups excluding carboxylic acids is 1. The Morgan fingerprint density at radius 2 is 2.05 bits per heavy atom. The summed E-state index contributed by atoms with van der Waals surface area (Å²) in [4.78, 5) is 11.6. The molecule has 0 bridgehead atoms. The minimum absolute atomic E-state index is 0.280. The minimum atomic E-state index is -0.325. The van der Waals surface area contributed by atoms with E-state index < -0.39 is 0 Å². The van der Waals surface area contributed by atoms with Gasteiger partial charge in [-0.3, -0.25) is 0 Å². The lowest BCUT2D eigenvalue weighted by Crippen LogP contribution is -2.29. The van der Waals surface area contributed by atoms with Crippen LogP contribution in [0.4, 0.5) is 14.9 Å². The van der Waals surface area contributed by atoms with Crippen molar-refractivity contribution in [1.29, 1.82) is 0 Å². The second-order valence-corrected chi connectivity index (χ2v) is 5.48. The summed E-state index contributed by atoms with van der Waals surface area (Å²) in [6.07, 6.45) is 2.54. The number of halogens is 1. The van der Waals surface area contributed by atoms with E-state index in [1.165, 1.54) is 24.3 Å². The minimum Gasteiger partial charge on any atom is -0.468 e. The maximum absolute atomic E-state index is 12.7. The quantitative estimate of drug-likeness (QED) is 0.764. The number of furan rings is 1. The van der Waals surface area contributed by atoms with Crippen LogP contribution in [0.1, 0.15) is 12.2 Å². The van der Waals surface area contributed by atoms with E-state index >= 15 is 0 Å². The molecule has 0 saturated carbocycles. The molecule has 0 aliphatic heterocycles. The summed E-state index contributed by atoms with van der Waals surface area (Å²) >= 11 is 1.76. The highest BCUT2D eigenvalue weighted by Crippen LogP contribution is 2.13. The second kappa shape index (κ2) is 8.36. The van der Waals surface area contributed by atoms with Crippen molar-refractivity contribution in [2.75, 3.05) is 17.6 Å². The Bertz CT molecular complexity index is 543. The molecule has 4 nitrogen and oxygen atoms in total. The maximum atomic E-state index is 12.7. The van der Waals surface area contributed by atoms with Crippen molar-refractivity contribution in [3.05, 3.63) is 54.2 Å². The summed E-state index contributed by atoms with van der Waals surface area (Å²) < 4.78 is 17.9. The van der Waals surface area contributed by atoms with Gasteiger partial charge >= 0.3 is 6.03 Å². The van der Waals surface area contributed by atoms with Gasteiger partial charge in [0, 0.05) is 12.2 Å². The average molecular weight is 308 g/mol. The summed E-state index contributed by atoms with van der Waals surface area (Å²) in [6, 6.07) is 9.19. The lowest BCUT2D eigenvalue weighted by Gasteiger charge is -2.07. The first-order chi connectivity index (χ1) is 10.2. The van der Waals surface area contributed by atoms with Crippen molar-refractivity contribution in [3.63, 3.8) is 0 Å². The van der Waals surface area contributed by atoms with Crippen LogP contribution in [0.5, 0.6) is 0 Å². The number of thioether (sulfide) groups is 1. The van der Waals surface area contributed by atoms with Crippen LogP contribution in [0.25, 0.3) is 0 Å². The van der Waals surface area contributed by atoms with Gasteiger partial charge in [-0.25, -0.2) is 9.18 Å². The van der Waals surface area contributed by atoms with E-state index in [0.717, 1.165) is 23.7 Å². The number of hydrogen-bond acceptors (Lipinski definition) is 3. The van der Waals surface area contributed by atoms with Gasteiger partial charge in [-0.05, 0) is 48.6 Å². The topological polar surface area (TPSA) is 54.3 Å². The highest BCUT2D eigenvalue weighted by atomic mass is 32.2. The molecule has 112 valence electrons. The number of urea groups is 1. The normalized spacial score (nSPS) is 10.3. The van der Waals surface area contributed by atoms with E-state index in [2.05, 4.69) is 10.6 Å². The largest absolute Gasteiger partial charge is 0.468 e. The molecule has 2 N–H and O–H groups in total. The van der Waals surface area contributed by atoms with Crippen LogP contribution < -0.4 is 10.6 Å². The lowest BCUT2D eigenvalue weighted by atomic mass is 10.3. The Balaban J connectivity index is 1.54. The van der Waals surface area contributed by atoms with Crippen molar-refractivity contribution < 1.29 is 13.6 Å². The van der Waals surface area contributed by atoms with Gasteiger partial charge in [0.25, 0.3) is 0 Å². The van der Waals surface area contributed by atoms with Crippen LogP contribution in [0.2, 0.25) is 0 Å². The molecule has 0 saturated heterocycles. The third-order valence-electron chi connectivity index (χ3n) is 2.68. The van der Waals surface area contributed by atoms with Crippen LogP contribution in [-0.2, 0) is 5.75 Å². The van der Waals surface area contributed by atoms with Gasteiger partial charge in [-0.1, -0.05) is 0 Å². The molecule has 0 aliphatic carbocycles. The number of carbonyl (C=O) groups is 1. The highest BCUT2D eigenvalue weighted by Gasteiger charge is 2.01. The Morgan fingerprint density at radius 1 is 1.24 bits per heavy atom. The van der Waals surface area contributed by atoms with E-state index in [1.54, 1.807) is 18.0 Å². The molecular weight excluding hydrogens is 291 g/mol. The molecule has 2 rings (SSSR count). The molecule has 0 atom stereocenters. The van der Waals surface area contributed by atoms with E-state index in [9.17, 15) is 9.18 Å². The van der Waals surface area contributed by atoms with Gasteiger partial charge in [-0.15, -0.1) is 0 Å². The number of benzene rings is 1. The molecule has 21 heavy (non-hydrogen) atoms. The smallest absolute Gasteiger partial charge is 0.319 e. The highest BCUT2D eigenvalue weighted by molar-refractivity contribution is 7.98. The molecule has 1 aromatic carbocycles. The number of rotatable bonds is 7. The van der Waals surface area contributed by atoms with Crippen molar-refractivity contribution in [1.82, 2.24) is 5.32 Å². The van der Waals surface area contributed by atoms with Crippen molar-refractivity contribution >= 4 is 23.5 Å². The standard InChI is InChI=1S/C15H17FN2O2S/c16-12-4-6-13(7-5-12)18-15(19)17-8-2-10-21-11-14-3-1-9-20-14/h1,3-7,9H,2,8,10-11H2,(H2,17,18,19). The summed E-state index contributed by atoms with van der Waals surface area (Å²) in [6.45, 7) is 0.595. The molecule has 0 radical (unpaired) electrons. The molecule has 0 unspecified atom stereocenters. The number of amides is 2. The van der Waals surface area contributed by atoms with Gasteiger partial charge in [0.15, 0.2) is 0 Å². The fourth-order valence-corrected chi connectivity index (χ4v) is 2.51. The predicted octanol–water partition coefficient (Wildman–Crippen LogP) is 3.86.